The summed E-state index contributed by atoms with van der Waals surface area (Å²) in [4.78, 5) is 8.43. The first kappa shape index (κ1) is 14.6. The van der Waals surface area contributed by atoms with Gasteiger partial charge in [-0.15, -0.1) is 6.58 Å². The Labute approximate surface area is 114 Å². The quantitative estimate of drug-likeness (QED) is 0.643. The Morgan fingerprint density at radius 2 is 2.17 bits per heavy atom. The summed E-state index contributed by atoms with van der Waals surface area (Å²) in [6, 6.07) is 0. The summed E-state index contributed by atoms with van der Waals surface area (Å²) in [5.41, 5.74) is 2.10. The van der Waals surface area contributed by atoms with E-state index >= 15 is 0 Å². The number of nitrogens with zero attached hydrogens (tertiary/aromatic N) is 2. The molecule has 18 heavy (non-hydrogen) atoms. The molecule has 2 N–H and O–H groups in total. The van der Waals surface area contributed by atoms with Gasteiger partial charge < -0.3 is 10.6 Å². The highest BCUT2D eigenvalue weighted by molar-refractivity contribution is 7.80. The van der Waals surface area contributed by atoms with E-state index in [1.807, 2.05) is 6.20 Å². The van der Waals surface area contributed by atoms with Crippen LogP contribution in [0.5, 0.6) is 0 Å². The molecule has 0 radical (unpaired) electrons. The molecular formula is C13H20N4S. The van der Waals surface area contributed by atoms with Gasteiger partial charge in [-0.2, -0.15) is 0 Å². The third-order valence-corrected chi connectivity index (χ3v) is 2.63. The van der Waals surface area contributed by atoms with Gasteiger partial charge in [0, 0.05) is 30.3 Å². The number of hydrogen-bond donors (Lipinski definition) is 2. The molecular weight excluding hydrogens is 244 g/mol. The standard InChI is InChI=1S/C13H20N4S/c1-5-6-15-12(18)16-8-10-7-14-9-17-11(10)13(2,3)4/h5,7,9H,1,6,8H2,2-4H3,(H2,15,16,18). The SMILES string of the molecule is C=CCNC(=S)NCc1cncnc1C(C)(C)C. The Bertz CT molecular complexity index is 423. The van der Waals surface area contributed by atoms with E-state index in [1.165, 1.54) is 0 Å². The lowest BCUT2D eigenvalue weighted by molar-refractivity contribution is 0.555. The predicted molar refractivity (Wildman–Crippen MR) is 78.4 cm³/mol. The molecule has 1 heterocycles. The fourth-order valence-corrected chi connectivity index (χ4v) is 1.72. The maximum Gasteiger partial charge on any atom is 0.166 e. The van der Waals surface area contributed by atoms with E-state index in [0.717, 1.165) is 11.3 Å². The van der Waals surface area contributed by atoms with Crippen molar-refractivity contribution in [3.05, 3.63) is 36.4 Å². The van der Waals surface area contributed by atoms with Gasteiger partial charge in [0.05, 0.1) is 5.69 Å². The van der Waals surface area contributed by atoms with E-state index in [1.54, 1.807) is 12.4 Å². The molecule has 0 aliphatic heterocycles. The predicted octanol–water partition coefficient (Wildman–Crippen LogP) is 1.92. The van der Waals surface area contributed by atoms with Crippen LogP contribution in [0.25, 0.3) is 0 Å². The molecule has 1 aromatic heterocycles. The largest absolute Gasteiger partial charge is 0.359 e. The minimum absolute atomic E-state index is 0.00385. The van der Waals surface area contributed by atoms with Crippen molar-refractivity contribution in [2.45, 2.75) is 32.7 Å². The van der Waals surface area contributed by atoms with E-state index in [0.29, 0.717) is 18.2 Å². The number of thiocarbonyl (C=S) groups is 1. The lowest BCUT2D eigenvalue weighted by Crippen LogP contribution is -2.35. The Morgan fingerprint density at radius 1 is 1.44 bits per heavy atom. The Morgan fingerprint density at radius 3 is 2.78 bits per heavy atom. The average molecular weight is 264 g/mol. The molecule has 0 saturated carbocycles. The molecule has 0 aliphatic rings. The first-order chi connectivity index (χ1) is 8.45. The van der Waals surface area contributed by atoms with E-state index in [4.69, 9.17) is 12.2 Å². The van der Waals surface area contributed by atoms with Crippen LogP contribution in [0.15, 0.2) is 25.2 Å². The first-order valence-corrected chi connectivity index (χ1v) is 6.28. The molecule has 98 valence electrons. The molecule has 0 atom stereocenters. The second-order valence-electron chi connectivity index (χ2n) is 5.00. The van der Waals surface area contributed by atoms with Gasteiger partial charge in [0.1, 0.15) is 6.33 Å². The molecule has 0 fully saturated rings. The van der Waals surface area contributed by atoms with Crippen molar-refractivity contribution in [1.29, 1.82) is 0 Å². The summed E-state index contributed by atoms with van der Waals surface area (Å²) >= 11 is 5.14. The number of hydrogen-bond acceptors (Lipinski definition) is 3. The van der Waals surface area contributed by atoms with E-state index in [2.05, 4.69) is 48.0 Å². The molecule has 0 aliphatic carbocycles. The van der Waals surface area contributed by atoms with Crippen molar-refractivity contribution >= 4 is 17.3 Å². The van der Waals surface area contributed by atoms with Gasteiger partial charge in [-0.05, 0) is 12.2 Å². The topological polar surface area (TPSA) is 49.8 Å². The van der Waals surface area contributed by atoms with E-state index in [9.17, 15) is 0 Å². The third kappa shape index (κ3) is 4.41. The van der Waals surface area contributed by atoms with Gasteiger partial charge in [-0.1, -0.05) is 26.8 Å². The van der Waals surface area contributed by atoms with E-state index in [-0.39, 0.29) is 5.41 Å². The van der Waals surface area contributed by atoms with Crippen LogP contribution in [-0.2, 0) is 12.0 Å². The molecule has 0 unspecified atom stereocenters. The fraction of sp³-hybridized carbons (Fsp3) is 0.462. The van der Waals surface area contributed by atoms with Crippen molar-refractivity contribution < 1.29 is 0 Å². The lowest BCUT2D eigenvalue weighted by Gasteiger charge is -2.21. The van der Waals surface area contributed by atoms with Gasteiger partial charge in [0.15, 0.2) is 5.11 Å². The molecule has 0 bridgehead atoms. The van der Waals surface area contributed by atoms with Gasteiger partial charge in [0.2, 0.25) is 0 Å². The highest BCUT2D eigenvalue weighted by Crippen LogP contribution is 2.22. The van der Waals surface area contributed by atoms with Crippen molar-refractivity contribution in [3.8, 4) is 0 Å². The highest BCUT2D eigenvalue weighted by atomic mass is 32.1. The van der Waals surface area contributed by atoms with Crippen molar-refractivity contribution in [3.63, 3.8) is 0 Å². The molecule has 4 nitrogen and oxygen atoms in total. The van der Waals surface area contributed by atoms with Crippen LogP contribution in [0.1, 0.15) is 32.0 Å². The van der Waals surface area contributed by atoms with Gasteiger partial charge in [-0.25, -0.2) is 9.97 Å². The Hall–Kier alpha value is -1.49. The molecule has 0 amide bonds. The normalized spacial score (nSPS) is 10.8. The van der Waals surface area contributed by atoms with Crippen molar-refractivity contribution in [2.75, 3.05) is 6.54 Å². The zero-order valence-corrected chi connectivity index (χ0v) is 12.0. The second-order valence-corrected chi connectivity index (χ2v) is 5.41. The van der Waals surface area contributed by atoms with Crippen LogP contribution >= 0.6 is 12.2 Å². The third-order valence-electron chi connectivity index (χ3n) is 2.34. The van der Waals surface area contributed by atoms with Crippen LogP contribution < -0.4 is 10.6 Å². The molecule has 0 saturated heterocycles. The number of rotatable bonds is 4. The maximum absolute atomic E-state index is 5.14. The highest BCUT2D eigenvalue weighted by Gasteiger charge is 2.19. The molecule has 1 aromatic rings. The number of nitrogens with one attached hydrogen (secondary N) is 2. The van der Waals surface area contributed by atoms with Gasteiger partial charge in [0.25, 0.3) is 0 Å². The molecule has 5 heteroatoms. The smallest absolute Gasteiger partial charge is 0.166 e. The summed E-state index contributed by atoms with van der Waals surface area (Å²) in [5.74, 6) is 0. The summed E-state index contributed by atoms with van der Waals surface area (Å²) in [7, 11) is 0. The van der Waals surface area contributed by atoms with Gasteiger partial charge in [-0.3, -0.25) is 0 Å². The van der Waals surface area contributed by atoms with Crippen LogP contribution in [0.4, 0.5) is 0 Å². The minimum atomic E-state index is -0.00385. The summed E-state index contributed by atoms with van der Waals surface area (Å²) in [5, 5.41) is 6.77. The zero-order valence-electron chi connectivity index (χ0n) is 11.2. The first-order valence-electron chi connectivity index (χ1n) is 5.87. The van der Waals surface area contributed by atoms with Crippen molar-refractivity contribution in [2.24, 2.45) is 0 Å². The van der Waals surface area contributed by atoms with Crippen molar-refractivity contribution in [1.82, 2.24) is 20.6 Å². The fourth-order valence-electron chi connectivity index (χ4n) is 1.57. The van der Waals surface area contributed by atoms with Crippen LogP contribution in [-0.4, -0.2) is 21.6 Å². The summed E-state index contributed by atoms with van der Waals surface area (Å²) in [6.07, 6.45) is 5.18. The summed E-state index contributed by atoms with van der Waals surface area (Å²) in [6.45, 7) is 11.3. The Balaban J connectivity index is 2.68. The van der Waals surface area contributed by atoms with Crippen LogP contribution in [0, 0.1) is 0 Å². The minimum Gasteiger partial charge on any atom is -0.359 e. The van der Waals surface area contributed by atoms with Crippen LogP contribution in [0.2, 0.25) is 0 Å². The molecule has 1 rings (SSSR count). The lowest BCUT2D eigenvalue weighted by atomic mass is 9.89. The number of aromatic nitrogens is 2. The molecule has 0 spiro atoms. The average Bonchev–Trinajstić information content (AvgIpc) is 2.33. The Kier molecular flexibility index (Phi) is 5.22. The van der Waals surface area contributed by atoms with Gasteiger partial charge >= 0.3 is 0 Å². The van der Waals surface area contributed by atoms with Crippen LogP contribution in [0.3, 0.4) is 0 Å². The maximum atomic E-state index is 5.14. The zero-order chi connectivity index (χ0) is 13.6. The summed E-state index contributed by atoms with van der Waals surface area (Å²) < 4.78 is 0. The second kappa shape index (κ2) is 6.44. The van der Waals surface area contributed by atoms with E-state index < -0.39 is 0 Å². The molecule has 0 aromatic carbocycles. The monoisotopic (exact) mass is 264 g/mol.